The topological polar surface area (TPSA) is 69.2 Å². The molecule has 4 aromatic carbocycles. The highest BCUT2D eigenvalue weighted by Gasteiger charge is 2.14. The van der Waals surface area contributed by atoms with Gasteiger partial charge in [0.2, 0.25) is 0 Å². The Balaban J connectivity index is 1.48. The molecule has 7 heteroatoms. The van der Waals surface area contributed by atoms with Crippen molar-refractivity contribution in [2.75, 3.05) is 14.2 Å². The number of hydrazone groups is 1. The van der Waals surface area contributed by atoms with E-state index in [0.29, 0.717) is 29.4 Å². The maximum atomic E-state index is 12.8. The zero-order chi connectivity index (χ0) is 24.8. The Morgan fingerprint density at radius 1 is 0.914 bits per heavy atom. The van der Waals surface area contributed by atoms with Gasteiger partial charge in [0.1, 0.15) is 12.4 Å². The second kappa shape index (κ2) is 11.1. The van der Waals surface area contributed by atoms with Crippen LogP contribution >= 0.6 is 15.9 Å². The molecule has 6 nitrogen and oxygen atoms in total. The molecule has 0 unspecified atom stereocenters. The number of carbonyl (C=O) groups excluding carboxylic acids is 1. The lowest BCUT2D eigenvalue weighted by Gasteiger charge is -2.13. The molecule has 0 spiro atoms. The lowest BCUT2D eigenvalue weighted by atomic mass is 10.1. The summed E-state index contributed by atoms with van der Waals surface area (Å²) in [6, 6.07) is 23.2. The first-order valence-electron chi connectivity index (χ1n) is 10.9. The number of carbonyl (C=O) groups is 1. The second-order valence-corrected chi connectivity index (χ2v) is 8.75. The molecule has 0 radical (unpaired) electrons. The van der Waals surface area contributed by atoms with Crippen molar-refractivity contribution >= 4 is 38.8 Å². The van der Waals surface area contributed by atoms with Gasteiger partial charge in [-0.25, -0.2) is 5.43 Å². The SMILES string of the molecule is COc1cc(/C=N\NC(=O)c2cc3ccccc3cc2OC)c(Br)cc1OCc1ccc(C)cc1. The summed E-state index contributed by atoms with van der Waals surface area (Å²) in [6.45, 7) is 2.46. The van der Waals surface area contributed by atoms with E-state index in [4.69, 9.17) is 14.2 Å². The molecule has 0 saturated heterocycles. The lowest BCUT2D eigenvalue weighted by molar-refractivity contribution is 0.0952. The van der Waals surface area contributed by atoms with Gasteiger partial charge in [-0.05, 0) is 63.5 Å². The van der Waals surface area contributed by atoms with E-state index in [1.54, 1.807) is 25.5 Å². The molecule has 4 aromatic rings. The number of nitrogens with zero attached hydrogens (tertiary/aromatic N) is 1. The highest BCUT2D eigenvalue weighted by Crippen LogP contribution is 2.33. The maximum absolute atomic E-state index is 12.8. The molecule has 0 saturated carbocycles. The molecule has 1 N–H and O–H groups in total. The summed E-state index contributed by atoms with van der Waals surface area (Å²) in [5.74, 6) is 1.27. The van der Waals surface area contributed by atoms with Gasteiger partial charge in [-0.3, -0.25) is 4.79 Å². The molecule has 0 aliphatic heterocycles. The predicted octanol–water partition coefficient (Wildman–Crippen LogP) is 6.27. The van der Waals surface area contributed by atoms with Gasteiger partial charge in [-0.2, -0.15) is 5.10 Å². The zero-order valence-electron chi connectivity index (χ0n) is 19.7. The van der Waals surface area contributed by atoms with Crippen LogP contribution in [0.3, 0.4) is 0 Å². The number of methoxy groups -OCH3 is 2. The fourth-order valence-corrected chi connectivity index (χ4v) is 3.98. The molecular weight excluding hydrogens is 508 g/mol. The summed E-state index contributed by atoms with van der Waals surface area (Å²) in [5.41, 5.74) is 5.95. The molecule has 0 aliphatic rings. The molecule has 0 heterocycles. The van der Waals surface area contributed by atoms with Crippen molar-refractivity contribution in [2.45, 2.75) is 13.5 Å². The predicted molar refractivity (Wildman–Crippen MR) is 142 cm³/mol. The van der Waals surface area contributed by atoms with Crippen LogP contribution < -0.4 is 19.6 Å². The van der Waals surface area contributed by atoms with Crippen molar-refractivity contribution < 1.29 is 19.0 Å². The normalized spacial score (nSPS) is 11.0. The van der Waals surface area contributed by atoms with Gasteiger partial charge < -0.3 is 14.2 Å². The molecule has 1 amide bonds. The van der Waals surface area contributed by atoms with Crippen LogP contribution in [0, 0.1) is 6.92 Å². The Morgan fingerprint density at radius 2 is 1.60 bits per heavy atom. The Kier molecular flexibility index (Phi) is 7.67. The van der Waals surface area contributed by atoms with Gasteiger partial charge in [0.25, 0.3) is 5.91 Å². The highest BCUT2D eigenvalue weighted by atomic mass is 79.9. The molecule has 35 heavy (non-hydrogen) atoms. The monoisotopic (exact) mass is 532 g/mol. The van der Waals surface area contributed by atoms with Crippen molar-refractivity contribution in [1.82, 2.24) is 5.43 Å². The quantitative estimate of drug-likeness (QED) is 0.214. The Bertz CT molecular complexity index is 1380. The Morgan fingerprint density at radius 3 is 2.29 bits per heavy atom. The molecule has 0 aromatic heterocycles. The van der Waals surface area contributed by atoms with E-state index in [0.717, 1.165) is 26.4 Å². The molecule has 178 valence electrons. The third-order valence-electron chi connectivity index (χ3n) is 5.48. The molecule has 0 aliphatic carbocycles. The molecule has 0 fully saturated rings. The van der Waals surface area contributed by atoms with Crippen molar-refractivity contribution in [3.8, 4) is 17.2 Å². The first kappa shape index (κ1) is 24.3. The van der Waals surface area contributed by atoms with E-state index in [-0.39, 0.29) is 5.91 Å². The smallest absolute Gasteiger partial charge is 0.275 e. The van der Waals surface area contributed by atoms with Crippen molar-refractivity contribution in [3.05, 3.63) is 99.5 Å². The van der Waals surface area contributed by atoms with E-state index in [9.17, 15) is 4.79 Å². The van der Waals surface area contributed by atoms with Crippen LogP contribution in [0.1, 0.15) is 27.0 Å². The number of fused-ring (bicyclic) bond motifs is 1. The van der Waals surface area contributed by atoms with Crippen molar-refractivity contribution in [2.24, 2.45) is 5.10 Å². The number of aryl methyl sites for hydroxylation is 1. The standard InChI is InChI=1S/C28H25BrN2O4/c1-18-8-10-19(11-9-18)17-35-27-15-24(29)22(14-26(27)34-3)16-30-31-28(32)23-12-20-6-4-5-7-21(20)13-25(23)33-2/h4-16H,17H2,1-3H3,(H,31,32)/b30-16-. The van der Waals surface area contributed by atoms with E-state index in [1.165, 1.54) is 12.7 Å². The van der Waals surface area contributed by atoms with Crippen LogP contribution in [-0.4, -0.2) is 26.3 Å². The van der Waals surface area contributed by atoms with E-state index in [2.05, 4.69) is 26.5 Å². The fraction of sp³-hybridized carbons (Fsp3) is 0.143. The minimum Gasteiger partial charge on any atom is -0.496 e. The zero-order valence-corrected chi connectivity index (χ0v) is 21.3. The third kappa shape index (κ3) is 5.81. The Labute approximate surface area is 212 Å². The van der Waals surface area contributed by atoms with Crippen LogP contribution in [0.5, 0.6) is 17.2 Å². The van der Waals surface area contributed by atoms with Gasteiger partial charge in [0.05, 0.1) is 26.0 Å². The lowest BCUT2D eigenvalue weighted by Crippen LogP contribution is -2.18. The van der Waals surface area contributed by atoms with Crippen LogP contribution in [0.2, 0.25) is 0 Å². The number of ether oxygens (including phenoxy) is 3. The maximum Gasteiger partial charge on any atom is 0.275 e. The number of hydrogen-bond donors (Lipinski definition) is 1. The summed E-state index contributed by atoms with van der Waals surface area (Å²) in [5, 5.41) is 6.07. The minimum atomic E-state index is -0.370. The van der Waals surface area contributed by atoms with Crippen LogP contribution in [0.15, 0.2) is 82.4 Å². The summed E-state index contributed by atoms with van der Waals surface area (Å²) in [7, 11) is 3.12. The second-order valence-electron chi connectivity index (χ2n) is 7.90. The molecular formula is C28H25BrN2O4. The number of halogens is 1. The summed E-state index contributed by atoms with van der Waals surface area (Å²) < 4.78 is 17.6. The fourth-order valence-electron chi connectivity index (χ4n) is 3.55. The van der Waals surface area contributed by atoms with Gasteiger partial charge in [-0.1, -0.05) is 54.1 Å². The molecule has 0 bridgehead atoms. The van der Waals surface area contributed by atoms with Crippen LogP contribution in [0.25, 0.3) is 10.8 Å². The van der Waals surface area contributed by atoms with Crippen molar-refractivity contribution in [1.29, 1.82) is 0 Å². The number of hydrogen-bond acceptors (Lipinski definition) is 5. The third-order valence-corrected chi connectivity index (χ3v) is 6.17. The molecule has 0 atom stereocenters. The number of nitrogens with one attached hydrogen (secondary N) is 1. The summed E-state index contributed by atoms with van der Waals surface area (Å²) in [6.07, 6.45) is 1.54. The van der Waals surface area contributed by atoms with Crippen LogP contribution in [-0.2, 0) is 6.61 Å². The van der Waals surface area contributed by atoms with E-state index in [1.807, 2.05) is 67.6 Å². The van der Waals surface area contributed by atoms with Gasteiger partial charge in [0.15, 0.2) is 11.5 Å². The number of rotatable bonds is 8. The van der Waals surface area contributed by atoms with Gasteiger partial charge in [-0.15, -0.1) is 0 Å². The first-order chi connectivity index (χ1) is 17.0. The van der Waals surface area contributed by atoms with E-state index < -0.39 is 0 Å². The number of amides is 1. The van der Waals surface area contributed by atoms with Crippen LogP contribution in [0.4, 0.5) is 0 Å². The van der Waals surface area contributed by atoms with Crippen molar-refractivity contribution in [3.63, 3.8) is 0 Å². The van der Waals surface area contributed by atoms with Gasteiger partial charge >= 0.3 is 0 Å². The highest BCUT2D eigenvalue weighted by molar-refractivity contribution is 9.10. The summed E-state index contributed by atoms with van der Waals surface area (Å²) >= 11 is 3.55. The Hall–Kier alpha value is -3.84. The summed E-state index contributed by atoms with van der Waals surface area (Å²) in [4.78, 5) is 12.8. The first-order valence-corrected chi connectivity index (χ1v) is 11.7. The average Bonchev–Trinajstić information content (AvgIpc) is 2.88. The van der Waals surface area contributed by atoms with Gasteiger partial charge in [0, 0.05) is 10.0 Å². The molecule has 4 rings (SSSR count). The average molecular weight is 533 g/mol. The van der Waals surface area contributed by atoms with E-state index >= 15 is 0 Å². The largest absolute Gasteiger partial charge is 0.496 e. The minimum absolute atomic E-state index is 0.370. The number of benzene rings is 4.